The summed E-state index contributed by atoms with van der Waals surface area (Å²) in [6.07, 6.45) is 3.66. The molecule has 1 atom stereocenters. The lowest BCUT2D eigenvalue weighted by atomic mass is 10.1. The largest absolute Gasteiger partial charge is 0.467 e. The van der Waals surface area contributed by atoms with Crippen molar-refractivity contribution in [3.8, 4) is 0 Å². The van der Waals surface area contributed by atoms with Crippen molar-refractivity contribution in [2.24, 2.45) is 5.10 Å². The van der Waals surface area contributed by atoms with Crippen LogP contribution >= 0.6 is 0 Å². The first kappa shape index (κ1) is 22.2. The van der Waals surface area contributed by atoms with Crippen LogP contribution in [0, 0.1) is 6.92 Å². The number of furan rings is 2. The van der Waals surface area contributed by atoms with Gasteiger partial charge in [-0.25, -0.2) is 5.01 Å². The van der Waals surface area contributed by atoms with Crippen LogP contribution in [0.1, 0.15) is 39.9 Å². The summed E-state index contributed by atoms with van der Waals surface area (Å²) in [7, 11) is 0. The third kappa shape index (κ3) is 4.86. The third-order valence-electron chi connectivity index (χ3n) is 5.80. The van der Waals surface area contributed by atoms with E-state index >= 15 is 0 Å². The van der Waals surface area contributed by atoms with Crippen LogP contribution in [0.2, 0.25) is 0 Å². The number of hydrazone groups is 1. The van der Waals surface area contributed by atoms with Gasteiger partial charge < -0.3 is 19.5 Å². The monoisotopic (exact) mass is 468 g/mol. The van der Waals surface area contributed by atoms with E-state index in [1.807, 2.05) is 55.5 Å². The number of aryl methyl sites for hydroxylation is 1. The molecule has 1 aliphatic rings. The highest BCUT2D eigenvalue weighted by Gasteiger charge is 2.35. The summed E-state index contributed by atoms with van der Waals surface area (Å²) < 4.78 is 11.1. The molecule has 35 heavy (non-hydrogen) atoms. The second kappa shape index (κ2) is 9.72. The molecule has 2 aromatic carbocycles. The molecule has 0 radical (unpaired) electrons. The van der Waals surface area contributed by atoms with Crippen molar-refractivity contribution in [3.63, 3.8) is 0 Å². The van der Waals surface area contributed by atoms with E-state index in [2.05, 4.69) is 15.7 Å². The molecule has 0 bridgehead atoms. The fourth-order valence-corrected chi connectivity index (χ4v) is 3.97. The van der Waals surface area contributed by atoms with Gasteiger partial charge in [0.25, 0.3) is 11.8 Å². The van der Waals surface area contributed by atoms with Gasteiger partial charge in [0.05, 0.1) is 19.1 Å². The van der Waals surface area contributed by atoms with Gasteiger partial charge in [0.1, 0.15) is 23.3 Å². The second-order valence-corrected chi connectivity index (χ2v) is 8.20. The van der Waals surface area contributed by atoms with Crippen LogP contribution in [0.15, 0.2) is 99.3 Å². The van der Waals surface area contributed by atoms with Crippen LogP contribution in [0.5, 0.6) is 0 Å². The topological polar surface area (TPSA) is 100 Å². The zero-order valence-corrected chi connectivity index (χ0v) is 19.1. The highest BCUT2D eigenvalue weighted by Crippen LogP contribution is 2.33. The number of benzene rings is 2. The minimum absolute atomic E-state index is 0.0169. The summed E-state index contributed by atoms with van der Waals surface area (Å²) >= 11 is 0. The van der Waals surface area contributed by atoms with Gasteiger partial charge in [0, 0.05) is 23.4 Å². The van der Waals surface area contributed by atoms with E-state index in [1.54, 1.807) is 36.8 Å². The molecule has 8 nitrogen and oxygen atoms in total. The molecule has 2 amide bonds. The molecule has 0 saturated heterocycles. The Morgan fingerprint density at radius 1 is 1.00 bits per heavy atom. The molecule has 0 saturated carbocycles. The van der Waals surface area contributed by atoms with Gasteiger partial charge in [0.2, 0.25) is 0 Å². The molecule has 4 aromatic rings. The van der Waals surface area contributed by atoms with E-state index in [1.165, 1.54) is 5.01 Å². The van der Waals surface area contributed by atoms with Gasteiger partial charge >= 0.3 is 0 Å². The maximum Gasteiger partial charge on any atom is 0.262 e. The predicted molar refractivity (Wildman–Crippen MR) is 132 cm³/mol. The van der Waals surface area contributed by atoms with E-state index in [9.17, 15) is 9.59 Å². The molecule has 1 unspecified atom stereocenters. The summed E-state index contributed by atoms with van der Waals surface area (Å²) in [4.78, 5) is 25.7. The Balaban J connectivity index is 1.30. The van der Waals surface area contributed by atoms with Crippen molar-refractivity contribution < 1.29 is 18.4 Å². The van der Waals surface area contributed by atoms with E-state index in [4.69, 9.17) is 8.83 Å². The molecule has 0 spiro atoms. The van der Waals surface area contributed by atoms with Crippen molar-refractivity contribution >= 4 is 28.9 Å². The van der Waals surface area contributed by atoms with Crippen LogP contribution in [-0.4, -0.2) is 29.1 Å². The van der Waals surface area contributed by atoms with Crippen LogP contribution in [0.4, 0.5) is 11.4 Å². The van der Waals surface area contributed by atoms with Gasteiger partial charge in [0.15, 0.2) is 0 Å². The number of amides is 2. The fourth-order valence-electron chi connectivity index (χ4n) is 3.97. The zero-order chi connectivity index (χ0) is 24.2. The van der Waals surface area contributed by atoms with Crippen LogP contribution < -0.4 is 10.6 Å². The van der Waals surface area contributed by atoms with Crippen molar-refractivity contribution in [3.05, 3.63) is 108 Å². The Labute approximate surface area is 202 Å². The first-order chi connectivity index (χ1) is 17.1. The zero-order valence-electron chi connectivity index (χ0n) is 19.1. The van der Waals surface area contributed by atoms with Gasteiger partial charge in [-0.15, -0.1) is 0 Å². The Kier molecular flexibility index (Phi) is 6.17. The number of hydrogen-bond acceptors (Lipinski definition) is 6. The number of nitrogens with zero attached hydrogens (tertiary/aromatic N) is 2. The molecule has 0 aliphatic carbocycles. The van der Waals surface area contributed by atoms with Crippen LogP contribution in [0.3, 0.4) is 0 Å². The first-order valence-corrected chi connectivity index (χ1v) is 11.3. The number of hydrogen-bond donors (Lipinski definition) is 2. The van der Waals surface area contributed by atoms with Gasteiger partial charge in [-0.3, -0.25) is 9.59 Å². The Morgan fingerprint density at radius 2 is 1.80 bits per heavy atom. The van der Waals surface area contributed by atoms with E-state index in [-0.39, 0.29) is 24.4 Å². The molecule has 2 aromatic heterocycles. The Hall–Kier alpha value is -4.59. The second-order valence-electron chi connectivity index (χ2n) is 8.20. The molecule has 1 aliphatic heterocycles. The average Bonchev–Trinajstić information content (AvgIpc) is 3.66. The van der Waals surface area contributed by atoms with Gasteiger partial charge in [-0.1, -0.05) is 24.3 Å². The van der Waals surface area contributed by atoms with E-state index in [0.29, 0.717) is 34.9 Å². The van der Waals surface area contributed by atoms with Crippen LogP contribution in [0.25, 0.3) is 0 Å². The number of nitrogens with one attached hydrogen (secondary N) is 2. The van der Waals surface area contributed by atoms with Gasteiger partial charge in [-0.05, 0) is 61.0 Å². The standard InChI is InChI=1S/C27H24N4O4/c1-18-11-12-20(29-27(33)19-7-3-2-4-8-19)15-21(18)28-17-26(32)31-23(25-10-6-14-35-25)16-22(30-31)24-9-5-13-34-24/h2-15,23,28H,16-17H2,1H3,(H,29,33). The smallest absolute Gasteiger partial charge is 0.262 e. The maximum atomic E-state index is 13.2. The number of anilines is 2. The van der Waals surface area contributed by atoms with Gasteiger partial charge in [-0.2, -0.15) is 5.10 Å². The van der Waals surface area contributed by atoms with Crippen LogP contribution in [-0.2, 0) is 4.79 Å². The number of carbonyl (C=O) groups is 2. The van der Waals surface area contributed by atoms with Crippen molar-refractivity contribution in [2.45, 2.75) is 19.4 Å². The number of rotatable bonds is 7. The van der Waals surface area contributed by atoms with Crippen molar-refractivity contribution in [1.29, 1.82) is 0 Å². The highest BCUT2D eigenvalue weighted by molar-refractivity contribution is 6.04. The summed E-state index contributed by atoms with van der Waals surface area (Å²) in [5.41, 5.74) is 3.58. The molecule has 3 heterocycles. The fraction of sp³-hybridized carbons (Fsp3) is 0.148. The lowest BCUT2D eigenvalue weighted by Gasteiger charge is -2.21. The van der Waals surface area contributed by atoms with Crippen molar-refractivity contribution in [2.75, 3.05) is 17.2 Å². The predicted octanol–water partition coefficient (Wildman–Crippen LogP) is 5.22. The molecular weight excluding hydrogens is 444 g/mol. The maximum absolute atomic E-state index is 13.2. The summed E-state index contributed by atoms with van der Waals surface area (Å²) in [5.74, 6) is 0.869. The lowest BCUT2D eigenvalue weighted by Crippen LogP contribution is -2.32. The van der Waals surface area contributed by atoms with E-state index in [0.717, 1.165) is 11.3 Å². The lowest BCUT2D eigenvalue weighted by molar-refractivity contribution is -0.131. The SMILES string of the molecule is Cc1ccc(NC(=O)c2ccccc2)cc1NCC(=O)N1N=C(c2ccco2)CC1c1ccco1. The summed E-state index contributed by atoms with van der Waals surface area (Å²) in [6, 6.07) is 21.4. The minimum atomic E-state index is -0.350. The van der Waals surface area contributed by atoms with Crippen molar-refractivity contribution in [1.82, 2.24) is 5.01 Å². The highest BCUT2D eigenvalue weighted by atomic mass is 16.3. The third-order valence-corrected chi connectivity index (χ3v) is 5.80. The number of carbonyl (C=O) groups excluding carboxylic acids is 2. The average molecular weight is 469 g/mol. The molecule has 2 N–H and O–H groups in total. The Bertz CT molecular complexity index is 1350. The molecule has 5 rings (SSSR count). The summed E-state index contributed by atoms with van der Waals surface area (Å²) in [6.45, 7) is 1.95. The molecule has 0 fully saturated rings. The Morgan fingerprint density at radius 3 is 2.54 bits per heavy atom. The molecule has 8 heteroatoms. The minimum Gasteiger partial charge on any atom is -0.467 e. The first-order valence-electron chi connectivity index (χ1n) is 11.3. The van der Waals surface area contributed by atoms with E-state index < -0.39 is 0 Å². The normalized spacial score (nSPS) is 15.1. The quantitative estimate of drug-likeness (QED) is 0.387. The summed E-state index contributed by atoms with van der Waals surface area (Å²) in [5, 5.41) is 12.1. The molecule has 176 valence electrons. The molecular formula is C27H24N4O4.